The van der Waals surface area contributed by atoms with Crippen molar-refractivity contribution < 1.29 is 0 Å². The summed E-state index contributed by atoms with van der Waals surface area (Å²) in [4.78, 5) is 2.44. The van der Waals surface area contributed by atoms with Crippen LogP contribution >= 0.6 is 0 Å². The quantitative estimate of drug-likeness (QED) is 0.797. The SMILES string of the molecule is Cc1ccccc1CN(CCN)CC(C)C. The van der Waals surface area contributed by atoms with E-state index in [-0.39, 0.29) is 0 Å². The molecule has 0 amide bonds. The second-order valence-electron chi connectivity index (χ2n) is 4.84. The number of nitrogens with zero attached hydrogens (tertiary/aromatic N) is 1. The molecule has 0 aliphatic carbocycles. The normalized spacial score (nSPS) is 11.4. The molecule has 90 valence electrons. The third kappa shape index (κ3) is 4.33. The molecule has 0 aliphatic heterocycles. The lowest BCUT2D eigenvalue weighted by Gasteiger charge is -2.24. The molecule has 0 heterocycles. The van der Waals surface area contributed by atoms with Gasteiger partial charge in [-0.2, -0.15) is 0 Å². The third-order valence-corrected chi connectivity index (χ3v) is 2.72. The Morgan fingerprint density at radius 1 is 1.25 bits per heavy atom. The van der Waals surface area contributed by atoms with Gasteiger partial charge in [-0.05, 0) is 24.0 Å². The zero-order valence-electron chi connectivity index (χ0n) is 10.7. The first kappa shape index (κ1) is 13.2. The van der Waals surface area contributed by atoms with E-state index >= 15 is 0 Å². The van der Waals surface area contributed by atoms with Gasteiger partial charge in [-0.15, -0.1) is 0 Å². The Morgan fingerprint density at radius 2 is 1.94 bits per heavy atom. The zero-order chi connectivity index (χ0) is 12.0. The molecule has 0 saturated carbocycles. The highest BCUT2D eigenvalue weighted by molar-refractivity contribution is 5.25. The Kier molecular flexibility index (Phi) is 5.50. The van der Waals surface area contributed by atoms with Crippen molar-refractivity contribution >= 4 is 0 Å². The van der Waals surface area contributed by atoms with Crippen LogP contribution < -0.4 is 5.73 Å². The Bertz CT molecular complexity index is 307. The first-order valence-corrected chi connectivity index (χ1v) is 6.10. The van der Waals surface area contributed by atoms with Gasteiger partial charge in [0.2, 0.25) is 0 Å². The monoisotopic (exact) mass is 220 g/mol. The lowest BCUT2D eigenvalue weighted by Crippen LogP contribution is -2.32. The fourth-order valence-corrected chi connectivity index (χ4v) is 1.96. The summed E-state index contributed by atoms with van der Waals surface area (Å²) in [5.41, 5.74) is 8.44. The van der Waals surface area contributed by atoms with Gasteiger partial charge in [0.05, 0.1) is 0 Å². The van der Waals surface area contributed by atoms with Crippen molar-refractivity contribution in [3.8, 4) is 0 Å². The van der Waals surface area contributed by atoms with E-state index in [0.29, 0.717) is 5.92 Å². The summed E-state index contributed by atoms with van der Waals surface area (Å²) < 4.78 is 0. The summed E-state index contributed by atoms with van der Waals surface area (Å²) in [5.74, 6) is 0.690. The lowest BCUT2D eigenvalue weighted by molar-refractivity contribution is 0.242. The molecule has 0 aromatic heterocycles. The van der Waals surface area contributed by atoms with Crippen LogP contribution in [0.5, 0.6) is 0 Å². The molecule has 0 unspecified atom stereocenters. The topological polar surface area (TPSA) is 29.3 Å². The summed E-state index contributed by atoms with van der Waals surface area (Å²) in [6.45, 7) is 10.5. The minimum absolute atomic E-state index is 0.690. The molecule has 0 aliphatic rings. The molecule has 2 N–H and O–H groups in total. The fourth-order valence-electron chi connectivity index (χ4n) is 1.96. The largest absolute Gasteiger partial charge is 0.329 e. The molecule has 1 aromatic carbocycles. The molecule has 0 spiro atoms. The summed E-state index contributed by atoms with van der Waals surface area (Å²) in [5, 5.41) is 0. The Hall–Kier alpha value is -0.860. The van der Waals surface area contributed by atoms with E-state index in [4.69, 9.17) is 5.73 Å². The molecular formula is C14H24N2. The van der Waals surface area contributed by atoms with Gasteiger partial charge in [0.15, 0.2) is 0 Å². The van der Waals surface area contributed by atoms with Crippen molar-refractivity contribution in [2.24, 2.45) is 11.7 Å². The van der Waals surface area contributed by atoms with E-state index < -0.39 is 0 Å². The maximum atomic E-state index is 5.66. The first-order chi connectivity index (χ1) is 7.63. The van der Waals surface area contributed by atoms with Gasteiger partial charge in [-0.3, -0.25) is 4.90 Å². The fraction of sp³-hybridized carbons (Fsp3) is 0.571. The molecule has 0 fully saturated rings. The molecular weight excluding hydrogens is 196 g/mol. The van der Waals surface area contributed by atoms with Crippen LogP contribution in [0.15, 0.2) is 24.3 Å². The van der Waals surface area contributed by atoms with Gasteiger partial charge in [0.1, 0.15) is 0 Å². The van der Waals surface area contributed by atoms with Crippen molar-refractivity contribution in [1.29, 1.82) is 0 Å². The van der Waals surface area contributed by atoms with Crippen LogP contribution in [-0.4, -0.2) is 24.5 Å². The number of nitrogens with two attached hydrogens (primary N) is 1. The average molecular weight is 220 g/mol. The van der Waals surface area contributed by atoms with Crippen molar-refractivity contribution in [3.05, 3.63) is 35.4 Å². The van der Waals surface area contributed by atoms with Crippen LogP contribution in [0, 0.1) is 12.8 Å². The van der Waals surface area contributed by atoms with Crippen LogP contribution in [0.2, 0.25) is 0 Å². The smallest absolute Gasteiger partial charge is 0.0237 e. The Balaban J connectivity index is 2.64. The van der Waals surface area contributed by atoms with Crippen LogP contribution in [-0.2, 0) is 6.54 Å². The van der Waals surface area contributed by atoms with E-state index in [0.717, 1.165) is 26.2 Å². The van der Waals surface area contributed by atoms with Gasteiger partial charge in [0.25, 0.3) is 0 Å². The van der Waals surface area contributed by atoms with Crippen LogP contribution in [0.1, 0.15) is 25.0 Å². The maximum absolute atomic E-state index is 5.66. The van der Waals surface area contributed by atoms with Crippen molar-refractivity contribution in [3.63, 3.8) is 0 Å². The molecule has 2 nitrogen and oxygen atoms in total. The predicted molar refractivity (Wildman–Crippen MR) is 70.3 cm³/mol. The number of hydrogen-bond acceptors (Lipinski definition) is 2. The van der Waals surface area contributed by atoms with Crippen molar-refractivity contribution in [1.82, 2.24) is 4.90 Å². The second-order valence-corrected chi connectivity index (χ2v) is 4.84. The van der Waals surface area contributed by atoms with Crippen LogP contribution in [0.25, 0.3) is 0 Å². The molecule has 1 rings (SSSR count). The van der Waals surface area contributed by atoms with Gasteiger partial charge >= 0.3 is 0 Å². The first-order valence-electron chi connectivity index (χ1n) is 6.10. The second kappa shape index (κ2) is 6.66. The molecule has 2 heteroatoms. The number of rotatable bonds is 6. The van der Waals surface area contributed by atoms with E-state index in [1.54, 1.807) is 0 Å². The highest BCUT2D eigenvalue weighted by Gasteiger charge is 2.08. The summed E-state index contributed by atoms with van der Waals surface area (Å²) in [6, 6.07) is 8.58. The molecule has 0 radical (unpaired) electrons. The molecule has 1 aromatic rings. The Morgan fingerprint density at radius 3 is 2.50 bits per heavy atom. The summed E-state index contributed by atoms with van der Waals surface area (Å²) in [7, 11) is 0. The molecule has 0 atom stereocenters. The molecule has 16 heavy (non-hydrogen) atoms. The highest BCUT2D eigenvalue weighted by atomic mass is 15.1. The highest BCUT2D eigenvalue weighted by Crippen LogP contribution is 2.11. The van der Waals surface area contributed by atoms with Crippen LogP contribution in [0.3, 0.4) is 0 Å². The minimum atomic E-state index is 0.690. The van der Waals surface area contributed by atoms with Crippen molar-refractivity contribution in [2.45, 2.75) is 27.3 Å². The van der Waals surface area contributed by atoms with Gasteiger partial charge < -0.3 is 5.73 Å². The molecule has 0 bridgehead atoms. The Labute approximate surface area is 99.5 Å². The van der Waals surface area contributed by atoms with E-state index in [1.807, 2.05) is 0 Å². The number of hydrogen-bond donors (Lipinski definition) is 1. The predicted octanol–water partition coefficient (Wildman–Crippen LogP) is 2.41. The maximum Gasteiger partial charge on any atom is 0.0237 e. The number of aryl methyl sites for hydroxylation is 1. The third-order valence-electron chi connectivity index (χ3n) is 2.72. The lowest BCUT2D eigenvalue weighted by atomic mass is 10.1. The zero-order valence-corrected chi connectivity index (χ0v) is 10.7. The number of benzene rings is 1. The van der Waals surface area contributed by atoms with Crippen molar-refractivity contribution in [2.75, 3.05) is 19.6 Å². The minimum Gasteiger partial charge on any atom is -0.329 e. The van der Waals surface area contributed by atoms with E-state index in [9.17, 15) is 0 Å². The standard InChI is InChI=1S/C14H24N2/c1-12(2)10-16(9-8-15)11-14-7-5-4-6-13(14)3/h4-7,12H,8-11,15H2,1-3H3. The van der Waals surface area contributed by atoms with E-state index in [2.05, 4.69) is 49.9 Å². The summed E-state index contributed by atoms with van der Waals surface area (Å²) in [6.07, 6.45) is 0. The van der Waals surface area contributed by atoms with Gasteiger partial charge in [0, 0.05) is 26.2 Å². The van der Waals surface area contributed by atoms with Gasteiger partial charge in [-0.25, -0.2) is 0 Å². The van der Waals surface area contributed by atoms with Gasteiger partial charge in [-0.1, -0.05) is 38.1 Å². The average Bonchev–Trinajstić information content (AvgIpc) is 2.21. The summed E-state index contributed by atoms with van der Waals surface area (Å²) >= 11 is 0. The van der Waals surface area contributed by atoms with E-state index in [1.165, 1.54) is 11.1 Å². The van der Waals surface area contributed by atoms with Crippen LogP contribution in [0.4, 0.5) is 0 Å². The molecule has 0 saturated heterocycles.